The summed E-state index contributed by atoms with van der Waals surface area (Å²) in [5.74, 6) is 0. The van der Waals surface area contributed by atoms with E-state index in [0.29, 0.717) is 0 Å². The standard InChI is InChI=1S/C15H22N4/c1-11-6-4-7-14(16)15(11)17-8-5-9-19-13(3)10-12(2)18-19/h4,6-7,10,17H,5,8-9,16H2,1-3H3. The maximum atomic E-state index is 5.96. The Labute approximate surface area is 114 Å². The lowest BCUT2D eigenvalue weighted by Crippen LogP contribution is -2.10. The molecule has 0 unspecified atom stereocenters. The first kappa shape index (κ1) is 13.5. The van der Waals surface area contributed by atoms with Crippen LogP contribution in [0.1, 0.15) is 23.4 Å². The van der Waals surface area contributed by atoms with Crippen molar-refractivity contribution in [2.75, 3.05) is 17.6 Å². The maximum absolute atomic E-state index is 5.96. The molecule has 1 heterocycles. The van der Waals surface area contributed by atoms with Gasteiger partial charge in [0.1, 0.15) is 0 Å². The van der Waals surface area contributed by atoms with Crippen LogP contribution in [0.4, 0.5) is 11.4 Å². The molecule has 0 amide bonds. The average molecular weight is 258 g/mol. The van der Waals surface area contributed by atoms with Crippen LogP contribution in [0.5, 0.6) is 0 Å². The average Bonchev–Trinajstić information content (AvgIpc) is 2.66. The number of aromatic nitrogens is 2. The molecule has 0 atom stereocenters. The van der Waals surface area contributed by atoms with E-state index >= 15 is 0 Å². The zero-order chi connectivity index (χ0) is 13.8. The summed E-state index contributed by atoms with van der Waals surface area (Å²) in [6, 6.07) is 8.08. The van der Waals surface area contributed by atoms with Gasteiger partial charge in [-0.15, -0.1) is 0 Å². The summed E-state index contributed by atoms with van der Waals surface area (Å²) in [5, 5.41) is 7.87. The molecule has 2 aromatic rings. The van der Waals surface area contributed by atoms with Gasteiger partial charge >= 0.3 is 0 Å². The highest BCUT2D eigenvalue weighted by Gasteiger charge is 2.03. The van der Waals surface area contributed by atoms with Crippen molar-refractivity contribution in [1.82, 2.24) is 9.78 Å². The van der Waals surface area contributed by atoms with Crippen molar-refractivity contribution in [2.45, 2.75) is 33.7 Å². The number of para-hydroxylation sites is 1. The van der Waals surface area contributed by atoms with Crippen LogP contribution >= 0.6 is 0 Å². The van der Waals surface area contributed by atoms with E-state index in [1.807, 2.05) is 19.1 Å². The van der Waals surface area contributed by atoms with Crippen LogP contribution in [0.25, 0.3) is 0 Å². The van der Waals surface area contributed by atoms with Gasteiger partial charge in [0.2, 0.25) is 0 Å². The van der Waals surface area contributed by atoms with Crippen LogP contribution < -0.4 is 11.1 Å². The molecular weight excluding hydrogens is 236 g/mol. The molecule has 4 nitrogen and oxygen atoms in total. The minimum Gasteiger partial charge on any atom is -0.397 e. The van der Waals surface area contributed by atoms with Crippen molar-refractivity contribution in [1.29, 1.82) is 0 Å². The minimum absolute atomic E-state index is 0.811. The van der Waals surface area contributed by atoms with Crippen molar-refractivity contribution >= 4 is 11.4 Å². The monoisotopic (exact) mass is 258 g/mol. The molecule has 19 heavy (non-hydrogen) atoms. The third-order valence-corrected chi connectivity index (χ3v) is 3.26. The normalized spacial score (nSPS) is 10.7. The summed E-state index contributed by atoms with van der Waals surface area (Å²) in [7, 11) is 0. The van der Waals surface area contributed by atoms with Gasteiger partial charge in [-0.2, -0.15) is 5.10 Å². The number of rotatable bonds is 5. The number of aryl methyl sites for hydroxylation is 4. The third kappa shape index (κ3) is 3.28. The van der Waals surface area contributed by atoms with Crippen LogP contribution in [0, 0.1) is 20.8 Å². The first-order valence-electron chi connectivity index (χ1n) is 6.68. The Balaban J connectivity index is 1.86. The first-order chi connectivity index (χ1) is 9.08. The van der Waals surface area contributed by atoms with Gasteiger partial charge in [-0.3, -0.25) is 4.68 Å². The van der Waals surface area contributed by atoms with E-state index in [2.05, 4.69) is 41.1 Å². The van der Waals surface area contributed by atoms with Gasteiger partial charge < -0.3 is 11.1 Å². The highest BCUT2D eigenvalue weighted by atomic mass is 15.3. The van der Waals surface area contributed by atoms with Crippen LogP contribution in [-0.4, -0.2) is 16.3 Å². The van der Waals surface area contributed by atoms with Crippen molar-refractivity contribution in [3.63, 3.8) is 0 Å². The Bertz CT molecular complexity index is 537. The number of nitrogens with two attached hydrogens (primary N) is 1. The zero-order valence-electron chi connectivity index (χ0n) is 11.9. The highest BCUT2D eigenvalue weighted by Crippen LogP contribution is 2.22. The second kappa shape index (κ2) is 5.78. The fraction of sp³-hybridized carbons (Fsp3) is 0.400. The summed E-state index contributed by atoms with van der Waals surface area (Å²) in [4.78, 5) is 0. The summed E-state index contributed by atoms with van der Waals surface area (Å²) >= 11 is 0. The molecule has 0 bridgehead atoms. The van der Waals surface area contributed by atoms with E-state index < -0.39 is 0 Å². The van der Waals surface area contributed by atoms with Gasteiger partial charge in [0.05, 0.1) is 17.1 Å². The Kier molecular flexibility index (Phi) is 4.10. The Hall–Kier alpha value is -1.97. The van der Waals surface area contributed by atoms with Crippen molar-refractivity contribution < 1.29 is 0 Å². The number of benzene rings is 1. The number of nitrogens with one attached hydrogen (secondary N) is 1. The zero-order valence-corrected chi connectivity index (χ0v) is 11.9. The van der Waals surface area contributed by atoms with Gasteiger partial charge in [0.25, 0.3) is 0 Å². The number of hydrogen-bond donors (Lipinski definition) is 2. The number of anilines is 2. The molecule has 0 aliphatic carbocycles. The molecule has 0 fully saturated rings. The fourth-order valence-corrected chi connectivity index (χ4v) is 2.28. The van der Waals surface area contributed by atoms with Crippen LogP contribution in [0.2, 0.25) is 0 Å². The molecule has 4 heteroatoms. The highest BCUT2D eigenvalue weighted by molar-refractivity contribution is 5.69. The molecule has 0 spiro atoms. The molecule has 3 N–H and O–H groups in total. The second-order valence-corrected chi connectivity index (χ2v) is 4.97. The molecule has 0 radical (unpaired) electrons. The summed E-state index contributed by atoms with van der Waals surface area (Å²) in [5.41, 5.74) is 11.3. The maximum Gasteiger partial charge on any atom is 0.0603 e. The topological polar surface area (TPSA) is 55.9 Å². The first-order valence-corrected chi connectivity index (χ1v) is 6.68. The smallest absolute Gasteiger partial charge is 0.0603 e. The van der Waals surface area contributed by atoms with Crippen LogP contribution in [-0.2, 0) is 6.54 Å². The SMILES string of the molecule is Cc1cc(C)n(CCCNc2c(C)cccc2N)n1. The largest absolute Gasteiger partial charge is 0.397 e. The Morgan fingerprint density at radius 1 is 1.26 bits per heavy atom. The lowest BCUT2D eigenvalue weighted by molar-refractivity contribution is 0.574. The number of hydrogen-bond acceptors (Lipinski definition) is 3. The van der Waals surface area contributed by atoms with E-state index in [4.69, 9.17) is 5.73 Å². The van der Waals surface area contributed by atoms with E-state index in [-0.39, 0.29) is 0 Å². The Morgan fingerprint density at radius 2 is 2.05 bits per heavy atom. The van der Waals surface area contributed by atoms with Crippen molar-refractivity contribution in [3.05, 3.63) is 41.2 Å². The number of nitrogens with zero attached hydrogens (tertiary/aromatic N) is 2. The minimum atomic E-state index is 0.811. The molecule has 1 aromatic carbocycles. The molecule has 0 saturated heterocycles. The Morgan fingerprint density at radius 3 is 2.68 bits per heavy atom. The predicted octanol–water partition coefficient (Wildman–Crippen LogP) is 2.89. The third-order valence-electron chi connectivity index (χ3n) is 3.26. The second-order valence-electron chi connectivity index (χ2n) is 4.97. The lowest BCUT2D eigenvalue weighted by atomic mass is 10.1. The fourth-order valence-electron chi connectivity index (χ4n) is 2.28. The quantitative estimate of drug-likeness (QED) is 0.640. The van der Waals surface area contributed by atoms with E-state index in [1.54, 1.807) is 0 Å². The van der Waals surface area contributed by atoms with Gasteiger partial charge in [0.15, 0.2) is 0 Å². The summed E-state index contributed by atoms with van der Waals surface area (Å²) in [6.07, 6.45) is 1.02. The molecule has 102 valence electrons. The van der Waals surface area contributed by atoms with Crippen LogP contribution in [0.15, 0.2) is 24.3 Å². The molecule has 0 aliphatic rings. The number of nitrogen functional groups attached to an aromatic ring is 1. The molecule has 2 rings (SSSR count). The molecule has 1 aromatic heterocycles. The molecule has 0 saturated carbocycles. The van der Waals surface area contributed by atoms with E-state index in [0.717, 1.165) is 36.6 Å². The summed E-state index contributed by atoms with van der Waals surface area (Å²) < 4.78 is 2.05. The summed E-state index contributed by atoms with van der Waals surface area (Å²) in [6.45, 7) is 8.01. The molecular formula is C15H22N4. The molecule has 0 aliphatic heterocycles. The predicted molar refractivity (Wildman–Crippen MR) is 80.4 cm³/mol. The van der Waals surface area contributed by atoms with E-state index in [1.165, 1.54) is 11.3 Å². The van der Waals surface area contributed by atoms with Crippen molar-refractivity contribution in [3.8, 4) is 0 Å². The van der Waals surface area contributed by atoms with Crippen LogP contribution in [0.3, 0.4) is 0 Å². The van der Waals surface area contributed by atoms with Crippen molar-refractivity contribution in [2.24, 2.45) is 0 Å². The van der Waals surface area contributed by atoms with Gasteiger partial charge in [-0.25, -0.2) is 0 Å². The van der Waals surface area contributed by atoms with Gasteiger partial charge in [-0.05, 0) is 44.9 Å². The lowest BCUT2D eigenvalue weighted by Gasteiger charge is -2.12. The van der Waals surface area contributed by atoms with Gasteiger partial charge in [0, 0.05) is 18.8 Å². The van der Waals surface area contributed by atoms with Gasteiger partial charge in [-0.1, -0.05) is 12.1 Å². The van der Waals surface area contributed by atoms with E-state index in [9.17, 15) is 0 Å².